The van der Waals surface area contributed by atoms with Crippen molar-refractivity contribution in [3.05, 3.63) is 63.6 Å². The van der Waals surface area contributed by atoms with Gasteiger partial charge in [-0.05, 0) is 36.8 Å². The number of methoxy groups -OCH3 is 1. The first kappa shape index (κ1) is 13.9. The molecule has 0 spiro atoms. The second-order valence-corrected chi connectivity index (χ2v) is 4.43. The molecular weight excluding hydrogens is 258 g/mol. The highest BCUT2D eigenvalue weighted by molar-refractivity contribution is 5.87. The predicted molar refractivity (Wildman–Crippen MR) is 74.5 cm³/mol. The van der Waals surface area contributed by atoms with Gasteiger partial charge in [0.25, 0.3) is 5.56 Å². The molecule has 5 nitrogen and oxygen atoms in total. The van der Waals surface area contributed by atoms with Crippen LogP contribution in [0, 0.1) is 6.92 Å². The van der Waals surface area contributed by atoms with Gasteiger partial charge in [-0.1, -0.05) is 12.1 Å². The van der Waals surface area contributed by atoms with Crippen LogP contribution >= 0.6 is 0 Å². The lowest BCUT2D eigenvalue weighted by Gasteiger charge is -2.11. The van der Waals surface area contributed by atoms with Gasteiger partial charge in [0.05, 0.1) is 13.7 Å². The number of ether oxygens (including phenoxy) is 1. The number of hydrogen-bond acceptors (Lipinski definition) is 3. The van der Waals surface area contributed by atoms with Gasteiger partial charge in [-0.2, -0.15) is 0 Å². The van der Waals surface area contributed by atoms with Crippen molar-refractivity contribution in [3.8, 4) is 5.75 Å². The van der Waals surface area contributed by atoms with Crippen LogP contribution in [0.5, 0.6) is 5.75 Å². The zero-order chi connectivity index (χ0) is 14.7. The van der Waals surface area contributed by atoms with Gasteiger partial charge >= 0.3 is 5.97 Å². The van der Waals surface area contributed by atoms with E-state index in [0.29, 0.717) is 6.54 Å². The van der Waals surface area contributed by atoms with E-state index >= 15 is 0 Å². The molecule has 0 aliphatic heterocycles. The van der Waals surface area contributed by atoms with E-state index in [-0.39, 0.29) is 5.56 Å². The number of aryl methyl sites for hydroxylation is 1. The fourth-order valence-electron chi connectivity index (χ4n) is 1.94. The molecule has 1 heterocycles. The summed E-state index contributed by atoms with van der Waals surface area (Å²) in [4.78, 5) is 23.1. The minimum atomic E-state index is -1.21. The topological polar surface area (TPSA) is 68.5 Å². The fourth-order valence-corrected chi connectivity index (χ4v) is 1.94. The van der Waals surface area contributed by atoms with E-state index in [9.17, 15) is 9.59 Å². The Labute approximate surface area is 116 Å². The molecule has 20 heavy (non-hydrogen) atoms. The van der Waals surface area contributed by atoms with E-state index in [4.69, 9.17) is 9.84 Å². The summed E-state index contributed by atoms with van der Waals surface area (Å²) in [7, 11) is 1.58. The molecule has 2 aromatic rings. The third-order valence-corrected chi connectivity index (χ3v) is 3.12. The molecule has 0 aliphatic carbocycles. The van der Waals surface area contributed by atoms with Crippen molar-refractivity contribution in [1.29, 1.82) is 0 Å². The van der Waals surface area contributed by atoms with Gasteiger partial charge < -0.3 is 14.4 Å². The van der Waals surface area contributed by atoms with Gasteiger partial charge in [-0.15, -0.1) is 0 Å². The van der Waals surface area contributed by atoms with Crippen molar-refractivity contribution in [1.82, 2.24) is 4.57 Å². The van der Waals surface area contributed by atoms with Gasteiger partial charge in [0, 0.05) is 5.69 Å². The zero-order valence-corrected chi connectivity index (χ0v) is 11.3. The number of aromatic nitrogens is 1. The molecule has 0 radical (unpaired) electrons. The largest absolute Gasteiger partial charge is 0.497 e. The standard InChI is InChI=1S/C15H15NO4/c1-10-3-8-13(15(18)19)14(17)16(10)9-11-4-6-12(20-2)7-5-11/h3-8H,9H2,1-2H3,(H,18,19). The molecule has 0 unspecified atom stereocenters. The summed E-state index contributed by atoms with van der Waals surface area (Å²) in [6, 6.07) is 10.3. The maximum absolute atomic E-state index is 12.1. The van der Waals surface area contributed by atoms with Crippen molar-refractivity contribution >= 4 is 5.97 Å². The van der Waals surface area contributed by atoms with Crippen molar-refractivity contribution in [2.75, 3.05) is 7.11 Å². The number of carboxylic acids is 1. The van der Waals surface area contributed by atoms with Crippen LogP contribution < -0.4 is 10.3 Å². The van der Waals surface area contributed by atoms with Gasteiger partial charge in [0.2, 0.25) is 0 Å². The summed E-state index contributed by atoms with van der Waals surface area (Å²) in [5, 5.41) is 8.99. The number of hydrogen-bond donors (Lipinski definition) is 1. The van der Waals surface area contributed by atoms with Crippen molar-refractivity contribution in [2.45, 2.75) is 13.5 Å². The molecule has 2 rings (SSSR count). The Morgan fingerprint density at radius 2 is 1.85 bits per heavy atom. The molecule has 104 valence electrons. The second-order valence-electron chi connectivity index (χ2n) is 4.43. The van der Waals surface area contributed by atoms with Crippen LogP contribution in [0.4, 0.5) is 0 Å². The average molecular weight is 273 g/mol. The Morgan fingerprint density at radius 1 is 1.20 bits per heavy atom. The van der Waals surface area contributed by atoms with E-state index in [1.807, 2.05) is 12.1 Å². The molecule has 0 fully saturated rings. The fraction of sp³-hybridized carbons (Fsp3) is 0.200. The lowest BCUT2D eigenvalue weighted by atomic mass is 10.2. The van der Waals surface area contributed by atoms with E-state index in [2.05, 4.69) is 0 Å². The van der Waals surface area contributed by atoms with Crippen molar-refractivity contribution < 1.29 is 14.6 Å². The minimum Gasteiger partial charge on any atom is -0.497 e. The van der Waals surface area contributed by atoms with Crippen LogP contribution in [0.15, 0.2) is 41.2 Å². The molecular formula is C15H15NO4. The maximum atomic E-state index is 12.1. The Morgan fingerprint density at radius 3 is 2.40 bits per heavy atom. The van der Waals surface area contributed by atoms with Crippen LogP contribution in [-0.4, -0.2) is 22.8 Å². The molecule has 1 aromatic carbocycles. The molecule has 1 aromatic heterocycles. The summed E-state index contributed by atoms with van der Waals surface area (Å²) in [5.74, 6) is -0.476. The number of pyridine rings is 1. The first-order valence-corrected chi connectivity index (χ1v) is 6.09. The Hall–Kier alpha value is -2.56. The van der Waals surface area contributed by atoms with E-state index in [1.54, 1.807) is 32.2 Å². The molecule has 0 bridgehead atoms. The maximum Gasteiger partial charge on any atom is 0.341 e. The third kappa shape index (κ3) is 2.71. The van der Waals surface area contributed by atoms with Gasteiger partial charge in [-0.25, -0.2) is 4.79 Å². The lowest BCUT2D eigenvalue weighted by molar-refractivity contribution is 0.0694. The van der Waals surface area contributed by atoms with E-state index in [1.165, 1.54) is 10.6 Å². The SMILES string of the molecule is COc1ccc(Cn2c(C)ccc(C(=O)O)c2=O)cc1. The van der Waals surface area contributed by atoms with Crippen LogP contribution in [-0.2, 0) is 6.54 Å². The monoisotopic (exact) mass is 273 g/mol. The van der Waals surface area contributed by atoms with Gasteiger partial charge in [0.15, 0.2) is 0 Å². The Balaban J connectivity index is 2.39. The summed E-state index contributed by atoms with van der Waals surface area (Å²) in [6.07, 6.45) is 0. The number of carbonyl (C=O) groups is 1. The highest BCUT2D eigenvalue weighted by Gasteiger charge is 2.12. The summed E-state index contributed by atoms with van der Waals surface area (Å²) >= 11 is 0. The highest BCUT2D eigenvalue weighted by atomic mass is 16.5. The Bertz CT molecular complexity index is 686. The highest BCUT2D eigenvalue weighted by Crippen LogP contribution is 2.12. The van der Waals surface area contributed by atoms with Crippen molar-refractivity contribution in [2.24, 2.45) is 0 Å². The number of rotatable bonds is 4. The molecule has 0 atom stereocenters. The quantitative estimate of drug-likeness (QED) is 0.924. The molecule has 5 heteroatoms. The van der Waals surface area contributed by atoms with E-state index < -0.39 is 11.5 Å². The molecule has 0 saturated heterocycles. The Kier molecular flexibility index (Phi) is 3.89. The van der Waals surface area contributed by atoms with Crippen molar-refractivity contribution in [3.63, 3.8) is 0 Å². The minimum absolute atomic E-state index is 0.218. The lowest BCUT2D eigenvalue weighted by Crippen LogP contribution is -2.28. The molecule has 1 N–H and O–H groups in total. The van der Waals surface area contributed by atoms with Crippen LogP contribution in [0.25, 0.3) is 0 Å². The van der Waals surface area contributed by atoms with Crippen LogP contribution in [0.2, 0.25) is 0 Å². The molecule has 0 aliphatic rings. The predicted octanol–water partition coefficient (Wildman–Crippen LogP) is 1.91. The van der Waals surface area contributed by atoms with Gasteiger partial charge in [0.1, 0.15) is 11.3 Å². The summed E-state index contributed by atoms with van der Waals surface area (Å²) in [6.45, 7) is 2.10. The second kappa shape index (κ2) is 5.61. The van der Waals surface area contributed by atoms with E-state index in [0.717, 1.165) is 17.0 Å². The zero-order valence-electron chi connectivity index (χ0n) is 11.3. The molecule has 0 amide bonds. The first-order valence-electron chi connectivity index (χ1n) is 6.09. The van der Waals surface area contributed by atoms with Crippen LogP contribution in [0.1, 0.15) is 21.6 Å². The number of aromatic carboxylic acids is 1. The normalized spacial score (nSPS) is 10.3. The average Bonchev–Trinajstić information content (AvgIpc) is 2.43. The number of carboxylic acid groups (broad SMARTS) is 1. The first-order chi connectivity index (χ1) is 9.52. The number of nitrogens with zero attached hydrogens (tertiary/aromatic N) is 1. The summed E-state index contributed by atoms with van der Waals surface area (Å²) < 4.78 is 6.52. The molecule has 0 saturated carbocycles. The van der Waals surface area contributed by atoms with Gasteiger partial charge in [-0.3, -0.25) is 4.79 Å². The smallest absolute Gasteiger partial charge is 0.341 e. The number of benzene rings is 1. The summed E-state index contributed by atoms with van der Waals surface area (Å²) in [5.41, 5.74) is 0.909. The third-order valence-electron chi connectivity index (χ3n) is 3.12. The van der Waals surface area contributed by atoms with Crippen LogP contribution in [0.3, 0.4) is 0 Å².